The molecule has 4 nitrogen and oxygen atoms in total. The second-order valence-electron chi connectivity index (χ2n) is 3.18. The van der Waals surface area contributed by atoms with Gasteiger partial charge in [-0.3, -0.25) is 0 Å². The zero-order valence-electron chi connectivity index (χ0n) is 8.78. The van der Waals surface area contributed by atoms with Crippen molar-refractivity contribution < 1.29 is 9.47 Å². The number of methoxy groups -OCH3 is 2. The highest BCUT2D eigenvalue weighted by Crippen LogP contribution is 2.20. The lowest BCUT2D eigenvalue weighted by atomic mass is 10.1. The highest BCUT2D eigenvalue weighted by Gasteiger charge is 2.08. The maximum absolute atomic E-state index is 5.70. The average Bonchev–Trinajstić information content (AvgIpc) is 2.16. The molecular formula is C10H16N2O2. The molecule has 1 atom stereocenters. The monoisotopic (exact) mass is 196 g/mol. The van der Waals surface area contributed by atoms with Gasteiger partial charge in [-0.2, -0.15) is 0 Å². The first-order valence-electron chi connectivity index (χ1n) is 4.51. The summed E-state index contributed by atoms with van der Waals surface area (Å²) in [5, 5.41) is 0. The van der Waals surface area contributed by atoms with Gasteiger partial charge in [0.2, 0.25) is 5.88 Å². The molecule has 0 aliphatic rings. The number of nitrogens with two attached hydrogens (primary N) is 1. The topological polar surface area (TPSA) is 57.4 Å². The van der Waals surface area contributed by atoms with E-state index >= 15 is 0 Å². The third-order valence-corrected chi connectivity index (χ3v) is 1.85. The highest BCUT2D eigenvalue weighted by molar-refractivity contribution is 5.32. The minimum absolute atomic E-state index is 0.0588. The normalized spacial score (nSPS) is 12.3. The predicted octanol–water partition coefficient (Wildman–Crippen LogP) is 0.988. The Hall–Kier alpha value is -1.29. The number of hydrogen-bond donors (Lipinski definition) is 1. The van der Waals surface area contributed by atoms with Crippen molar-refractivity contribution in [2.45, 2.75) is 19.4 Å². The lowest BCUT2D eigenvalue weighted by Gasteiger charge is -2.10. The van der Waals surface area contributed by atoms with Crippen LogP contribution in [0.1, 0.15) is 12.6 Å². The number of pyridine rings is 1. The van der Waals surface area contributed by atoms with Crippen LogP contribution in [-0.4, -0.2) is 25.2 Å². The molecule has 0 bridgehead atoms. The van der Waals surface area contributed by atoms with Crippen molar-refractivity contribution in [1.29, 1.82) is 0 Å². The summed E-state index contributed by atoms with van der Waals surface area (Å²) in [6.45, 7) is 1.93. The van der Waals surface area contributed by atoms with Gasteiger partial charge in [0.25, 0.3) is 0 Å². The number of hydrogen-bond acceptors (Lipinski definition) is 4. The van der Waals surface area contributed by atoms with Gasteiger partial charge in [-0.05, 0) is 13.0 Å². The van der Waals surface area contributed by atoms with Gasteiger partial charge in [0.05, 0.1) is 19.9 Å². The van der Waals surface area contributed by atoms with Crippen molar-refractivity contribution in [2.24, 2.45) is 5.73 Å². The van der Waals surface area contributed by atoms with E-state index in [0.717, 1.165) is 11.4 Å². The van der Waals surface area contributed by atoms with Crippen LogP contribution in [0.2, 0.25) is 0 Å². The summed E-state index contributed by atoms with van der Waals surface area (Å²) in [5.74, 6) is 1.34. The quantitative estimate of drug-likeness (QED) is 0.780. The molecule has 0 saturated carbocycles. The van der Waals surface area contributed by atoms with Gasteiger partial charge in [-0.15, -0.1) is 0 Å². The van der Waals surface area contributed by atoms with Crippen LogP contribution in [0.4, 0.5) is 0 Å². The summed E-state index contributed by atoms with van der Waals surface area (Å²) < 4.78 is 10.2. The van der Waals surface area contributed by atoms with E-state index in [1.165, 1.54) is 0 Å². The number of nitrogens with zero attached hydrogens (tertiary/aromatic N) is 1. The van der Waals surface area contributed by atoms with Crippen LogP contribution in [0, 0.1) is 0 Å². The Morgan fingerprint density at radius 2 is 2.07 bits per heavy atom. The van der Waals surface area contributed by atoms with Crippen LogP contribution in [0.15, 0.2) is 12.1 Å². The van der Waals surface area contributed by atoms with E-state index < -0.39 is 0 Å². The van der Waals surface area contributed by atoms with Crippen molar-refractivity contribution in [3.05, 3.63) is 17.8 Å². The molecule has 1 heterocycles. The molecule has 14 heavy (non-hydrogen) atoms. The predicted molar refractivity (Wildman–Crippen MR) is 54.7 cm³/mol. The summed E-state index contributed by atoms with van der Waals surface area (Å²) in [4.78, 5) is 4.27. The number of ether oxygens (including phenoxy) is 2. The van der Waals surface area contributed by atoms with Crippen LogP contribution < -0.4 is 15.2 Å². The maximum atomic E-state index is 5.70. The molecular weight excluding hydrogens is 180 g/mol. The molecule has 1 aromatic heterocycles. The minimum atomic E-state index is 0.0588. The molecule has 0 saturated heterocycles. The van der Waals surface area contributed by atoms with Crippen molar-refractivity contribution >= 4 is 0 Å². The molecule has 0 aromatic carbocycles. The Morgan fingerprint density at radius 1 is 1.36 bits per heavy atom. The number of aromatic nitrogens is 1. The first-order chi connectivity index (χ1) is 6.67. The van der Waals surface area contributed by atoms with Gasteiger partial charge < -0.3 is 15.2 Å². The molecule has 2 N–H and O–H groups in total. The third kappa shape index (κ3) is 2.60. The first kappa shape index (κ1) is 10.8. The average molecular weight is 196 g/mol. The van der Waals surface area contributed by atoms with E-state index in [2.05, 4.69) is 4.98 Å². The van der Waals surface area contributed by atoms with Gasteiger partial charge in [0.1, 0.15) is 5.75 Å². The lowest BCUT2D eigenvalue weighted by Crippen LogP contribution is -2.19. The Bertz CT molecular complexity index is 300. The highest BCUT2D eigenvalue weighted by atomic mass is 16.5. The van der Waals surface area contributed by atoms with E-state index in [9.17, 15) is 0 Å². The molecule has 4 heteroatoms. The Morgan fingerprint density at radius 3 is 2.57 bits per heavy atom. The molecule has 0 aliphatic carbocycles. The van der Waals surface area contributed by atoms with Gasteiger partial charge >= 0.3 is 0 Å². The van der Waals surface area contributed by atoms with Gasteiger partial charge in [0.15, 0.2) is 0 Å². The second kappa shape index (κ2) is 4.81. The fourth-order valence-corrected chi connectivity index (χ4v) is 1.22. The van der Waals surface area contributed by atoms with Crippen molar-refractivity contribution in [3.63, 3.8) is 0 Å². The first-order valence-corrected chi connectivity index (χ1v) is 4.51. The molecule has 0 aliphatic heterocycles. The van der Waals surface area contributed by atoms with Crippen LogP contribution in [-0.2, 0) is 6.42 Å². The van der Waals surface area contributed by atoms with Gasteiger partial charge in [0, 0.05) is 18.5 Å². The molecule has 1 unspecified atom stereocenters. The fraction of sp³-hybridized carbons (Fsp3) is 0.500. The van der Waals surface area contributed by atoms with E-state index in [1.807, 2.05) is 13.0 Å². The van der Waals surface area contributed by atoms with Crippen LogP contribution in [0.5, 0.6) is 11.6 Å². The van der Waals surface area contributed by atoms with E-state index in [0.29, 0.717) is 12.3 Å². The smallest absolute Gasteiger partial charge is 0.213 e. The summed E-state index contributed by atoms with van der Waals surface area (Å²) in [7, 11) is 3.21. The molecule has 78 valence electrons. The number of rotatable bonds is 4. The maximum Gasteiger partial charge on any atom is 0.213 e. The van der Waals surface area contributed by atoms with E-state index in [1.54, 1.807) is 20.3 Å². The largest absolute Gasteiger partial charge is 0.495 e. The molecule has 1 rings (SSSR count). The van der Waals surface area contributed by atoms with Crippen LogP contribution in [0.25, 0.3) is 0 Å². The zero-order chi connectivity index (χ0) is 10.6. The Balaban J connectivity index is 2.96. The van der Waals surface area contributed by atoms with Crippen molar-refractivity contribution in [1.82, 2.24) is 4.98 Å². The van der Waals surface area contributed by atoms with E-state index in [4.69, 9.17) is 15.2 Å². The van der Waals surface area contributed by atoms with Gasteiger partial charge in [-0.1, -0.05) is 0 Å². The molecule has 0 spiro atoms. The summed E-state index contributed by atoms with van der Waals surface area (Å²) in [6.07, 6.45) is 0.681. The summed E-state index contributed by atoms with van der Waals surface area (Å²) in [6, 6.07) is 3.66. The van der Waals surface area contributed by atoms with Crippen LogP contribution in [0.3, 0.4) is 0 Å². The van der Waals surface area contributed by atoms with E-state index in [-0.39, 0.29) is 6.04 Å². The second-order valence-corrected chi connectivity index (χ2v) is 3.18. The van der Waals surface area contributed by atoms with Gasteiger partial charge in [-0.25, -0.2) is 4.98 Å². The molecule has 1 aromatic rings. The van der Waals surface area contributed by atoms with Crippen molar-refractivity contribution in [3.8, 4) is 11.6 Å². The zero-order valence-corrected chi connectivity index (χ0v) is 8.78. The third-order valence-electron chi connectivity index (χ3n) is 1.85. The van der Waals surface area contributed by atoms with Crippen LogP contribution >= 0.6 is 0 Å². The minimum Gasteiger partial charge on any atom is -0.495 e. The van der Waals surface area contributed by atoms with Crippen molar-refractivity contribution in [2.75, 3.05) is 14.2 Å². The standard InChI is InChI=1S/C10H16N2O2/c1-7(11)6-8-9(13-2)4-5-10(12-8)14-3/h4-5,7H,6,11H2,1-3H3. The fourth-order valence-electron chi connectivity index (χ4n) is 1.22. The SMILES string of the molecule is COc1ccc(OC)c(CC(C)N)n1. The molecule has 0 radical (unpaired) electrons. The molecule has 0 amide bonds. The summed E-state index contributed by atoms with van der Waals surface area (Å²) >= 11 is 0. The summed E-state index contributed by atoms with van der Waals surface area (Å²) in [5.41, 5.74) is 6.54. The molecule has 0 fully saturated rings. The lowest BCUT2D eigenvalue weighted by molar-refractivity contribution is 0.381. The Labute approximate surface area is 84.0 Å². The Kier molecular flexibility index (Phi) is 3.71.